The van der Waals surface area contributed by atoms with Crippen molar-refractivity contribution in [1.82, 2.24) is 10.3 Å². The van der Waals surface area contributed by atoms with Gasteiger partial charge >= 0.3 is 0 Å². The van der Waals surface area contributed by atoms with Crippen molar-refractivity contribution in [2.24, 2.45) is 5.92 Å². The molecule has 0 amide bonds. The fourth-order valence-electron chi connectivity index (χ4n) is 2.35. The van der Waals surface area contributed by atoms with Crippen LogP contribution in [0.15, 0.2) is 22.8 Å². The first-order valence-corrected chi connectivity index (χ1v) is 7.05. The average molecular weight is 352 g/mol. The number of aromatic nitrogens is 1. The van der Waals surface area contributed by atoms with Crippen LogP contribution in [-0.4, -0.2) is 18.6 Å². The van der Waals surface area contributed by atoms with Crippen LogP contribution in [0, 0.1) is 5.92 Å². The zero-order valence-corrected chi connectivity index (χ0v) is 13.4. The molecule has 0 bridgehead atoms. The van der Waals surface area contributed by atoms with Crippen LogP contribution in [0.4, 0.5) is 0 Å². The van der Waals surface area contributed by atoms with E-state index in [0.29, 0.717) is 11.1 Å². The number of halogens is 3. The summed E-state index contributed by atoms with van der Waals surface area (Å²) in [5.41, 5.74) is 2.57. The Hall–Kier alpha value is -0.0900. The quantitative estimate of drug-likeness (QED) is 0.820. The standard InChI is InChI=1S/C13H16BrClN2.ClH/c1-16-7-9-4-2-3-5-10(9)11-8-17-13(15)6-12(11)14;/h5-6,8-9,16H,2-4,7H2,1H3;1H. The summed E-state index contributed by atoms with van der Waals surface area (Å²) in [5, 5.41) is 3.80. The molecule has 1 unspecified atom stereocenters. The molecule has 1 aromatic rings. The third-order valence-corrected chi connectivity index (χ3v) is 4.01. The van der Waals surface area contributed by atoms with Gasteiger partial charge in [-0.2, -0.15) is 0 Å². The molecule has 1 aliphatic rings. The van der Waals surface area contributed by atoms with Gasteiger partial charge in [0.15, 0.2) is 0 Å². The number of hydrogen-bond donors (Lipinski definition) is 1. The van der Waals surface area contributed by atoms with Crippen molar-refractivity contribution >= 4 is 45.5 Å². The van der Waals surface area contributed by atoms with Crippen molar-refractivity contribution in [3.05, 3.63) is 33.5 Å². The number of nitrogens with zero attached hydrogens (tertiary/aromatic N) is 1. The first kappa shape index (κ1) is 16.0. The second-order valence-electron chi connectivity index (χ2n) is 4.33. The average Bonchev–Trinajstić information content (AvgIpc) is 2.31. The summed E-state index contributed by atoms with van der Waals surface area (Å²) in [6.07, 6.45) is 7.87. The molecule has 1 aromatic heterocycles. The summed E-state index contributed by atoms with van der Waals surface area (Å²) in [4.78, 5) is 4.18. The monoisotopic (exact) mass is 350 g/mol. The summed E-state index contributed by atoms with van der Waals surface area (Å²) in [6, 6.07) is 1.86. The maximum Gasteiger partial charge on any atom is 0.130 e. The molecule has 0 aliphatic heterocycles. The molecule has 1 atom stereocenters. The van der Waals surface area contributed by atoms with E-state index < -0.39 is 0 Å². The maximum absolute atomic E-state index is 5.88. The summed E-state index contributed by atoms with van der Waals surface area (Å²) in [5.74, 6) is 0.577. The largest absolute Gasteiger partial charge is 0.319 e. The Morgan fingerprint density at radius 2 is 2.33 bits per heavy atom. The van der Waals surface area contributed by atoms with E-state index in [9.17, 15) is 0 Å². The lowest BCUT2D eigenvalue weighted by Crippen LogP contribution is -2.22. The highest BCUT2D eigenvalue weighted by molar-refractivity contribution is 9.10. The lowest BCUT2D eigenvalue weighted by molar-refractivity contribution is 0.530. The van der Waals surface area contributed by atoms with Gasteiger partial charge in [0.25, 0.3) is 0 Å². The number of allylic oxidation sites excluding steroid dienone is 1. The van der Waals surface area contributed by atoms with E-state index in [-0.39, 0.29) is 12.4 Å². The van der Waals surface area contributed by atoms with Gasteiger partial charge in [-0.15, -0.1) is 12.4 Å². The highest BCUT2D eigenvalue weighted by Crippen LogP contribution is 2.36. The second-order valence-corrected chi connectivity index (χ2v) is 5.57. The number of pyridine rings is 1. The molecule has 0 spiro atoms. The van der Waals surface area contributed by atoms with Crippen molar-refractivity contribution < 1.29 is 0 Å². The number of nitrogens with one attached hydrogen (secondary N) is 1. The van der Waals surface area contributed by atoms with Crippen molar-refractivity contribution in [3.8, 4) is 0 Å². The Labute approximate surface area is 128 Å². The molecule has 0 saturated carbocycles. The zero-order valence-electron chi connectivity index (χ0n) is 10.2. The lowest BCUT2D eigenvalue weighted by atomic mass is 9.84. The molecule has 5 heteroatoms. The molecule has 1 aliphatic carbocycles. The first-order chi connectivity index (χ1) is 8.22. The molecule has 2 nitrogen and oxygen atoms in total. The van der Waals surface area contributed by atoms with Gasteiger partial charge in [0, 0.05) is 22.8 Å². The Kier molecular flexibility index (Phi) is 6.64. The predicted octanol–water partition coefficient (Wildman–Crippen LogP) is 4.32. The van der Waals surface area contributed by atoms with Crippen molar-refractivity contribution in [1.29, 1.82) is 0 Å². The van der Waals surface area contributed by atoms with Crippen molar-refractivity contribution in [2.75, 3.05) is 13.6 Å². The van der Waals surface area contributed by atoms with Crippen LogP contribution in [0.2, 0.25) is 5.15 Å². The molecule has 0 radical (unpaired) electrons. The lowest BCUT2D eigenvalue weighted by Gasteiger charge is -2.25. The topological polar surface area (TPSA) is 24.9 Å². The third kappa shape index (κ3) is 3.70. The third-order valence-electron chi connectivity index (χ3n) is 3.14. The Morgan fingerprint density at radius 3 is 3.00 bits per heavy atom. The number of rotatable bonds is 3. The van der Waals surface area contributed by atoms with Crippen LogP contribution in [-0.2, 0) is 0 Å². The Balaban J connectivity index is 0.00000162. The van der Waals surface area contributed by atoms with E-state index in [1.165, 1.54) is 24.0 Å². The van der Waals surface area contributed by atoms with Crippen LogP contribution >= 0.6 is 39.9 Å². The van der Waals surface area contributed by atoms with E-state index in [1.54, 1.807) is 0 Å². The minimum Gasteiger partial charge on any atom is -0.319 e. The molecule has 1 heterocycles. The number of hydrogen-bond acceptors (Lipinski definition) is 2. The van der Waals surface area contributed by atoms with Gasteiger partial charge in [-0.25, -0.2) is 4.98 Å². The van der Waals surface area contributed by atoms with Gasteiger partial charge in [-0.3, -0.25) is 0 Å². The van der Waals surface area contributed by atoms with E-state index in [4.69, 9.17) is 11.6 Å². The van der Waals surface area contributed by atoms with E-state index >= 15 is 0 Å². The van der Waals surface area contributed by atoms with Crippen LogP contribution in [0.25, 0.3) is 5.57 Å². The molecule has 100 valence electrons. The van der Waals surface area contributed by atoms with Crippen LogP contribution in [0.3, 0.4) is 0 Å². The maximum atomic E-state index is 5.88. The summed E-state index contributed by atoms with van der Waals surface area (Å²) in [6.45, 7) is 1.01. The van der Waals surface area contributed by atoms with Crippen LogP contribution in [0.5, 0.6) is 0 Å². The summed E-state index contributed by atoms with van der Waals surface area (Å²) >= 11 is 9.46. The Morgan fingerprint density at radius 1 is 1.56 bits per heavy atom. The van der Waals surface area contributed by atoms with Gasteiger partial charge in [-0.05, 0) is 59.8 Å². The van der Waals surface area contributed by atoms with E-state index in [2.05, 4.69) is 32.3 Å². The highest BCUT2D eigenvalue weighted by Gasteiger charge is 2.20. The molecular formula is C13H17BrCl2N2. The van der Waals surface area contributed by atoms with Crippen LogP contribution < -0.4 is 5.32 Å². The van der Waals surface area contributed by atoms with Gasteiger partial charge in [0.1, 0.15) is 5.15 Å². The first-order valence-electron chi connectivity index (χ1n) is 5.88. The summed E-state index contributed by atoms with van der Waals surface area (Å²) < 4.78 is 1.03. The fraction of sp³-hybridized carbons (Fsp3) is 0.462. The van der Waals surface area contributed by atoms with Gasteiger partial charge in [-0.1, -0.05) is 17.7 Å². The van der Waals surface area contributed by atoms with E-state index in [0.717, 1.165) is 17.4 Å². The molecule has 2 rings (SSSR count). The van der Waals surface area contributed by atoms with Crippen LogP contribution in [0.1, 0.15) is 24.8 Å². The molecule has 18 heavy (non-hydrogen) atoms. The highest BCUT2D eigenvalue weighted by atomic mass is 79.9. The molecule has 0 fully saturated rings. The van der Waals surface area contributed by atoms with Crippen molar-refractivity contribution in [3.63, 3.8) is 0 Å². The van der Waals surface area contributed by atoms with Gasteiger partial charge < -0.3 is 5.32 Å². The second kappa shape index (κ2) is 7.49. The Bertz CT molecular complexity index is 435. The zero-order chi connectivity index (χ0) is 12.3. The van der Waals surface area contributed by atoms with E-state index in [1.807, 2.05) is 19.3 Å². The van der Waals surface area contributed by atoms with Gasteiger partial charge in [0.2, 0.25) is 0 Å². The summed E-state index contributed by atoms with van der Waals surface area (Å²) in [7, 11) is 2.00. The molecule has 1 N–H and O–H groups in total. The van der Waals surface area contributed by atoms with Crippen molar-refractivity contribution in [2.45, 2.75) is 19.3 Å². The normalized spacial score (nSPS) is 19.1. The molecular weight excluding hydrogens is 335 g/mol. The minimum atomic E-state index is 0. The smallest absolute Gasteiger partial charge is 0.130 e. The molecule has 0 saturated heterocycles. The fourth-order valence-corrected chi connectivity index (χ4v) is 3.19. The predicted molar refractivity (Wildman–Crippen MR) is 83.4 cm³/mol. The van der Waals surface area contributed by atoms with Gasteiger partial charge in [0.05, 0.1) is 0 Å². The molecule has 0 aromatic carbocycles. The SMILES string of the molecule is CNCC1CCCC=C1c1cnc(Cl)cc1Br.Cl. The minimum absolute atomic E-state index is 0.